The summed E-state index contributed by atoms with van der Waals surface area (Å²) in [4.78, 5) is 25.4. The number of methoxy groups -OCH3 is 1. The normalized spacial score (nSPS) is 29.0. The fraction of sp³-hybridized carbons (Fsp3) is 0.474. The Labute approximate surface area is 160 Å². The maximum Gasteiger partial charge on any atom is 0.333 e. The van der Waals surface area contributed by atoms with Crippen molar-refractivity contribution < 1.29 is 24.4 Å². The van der Waals surface area contributed by atoms with Crippen LogP contribution in [-0.2, 0) is 16.0 Å². The summed E-state index contributed by atoms with van der Waals surface area (Å²) in [6, 6.07) is 8.33. The molecule has 2 fully saturated rings. The molecule has 4 rings (SSSR count). The van der Waals surface area contributed by atoms with Crippen LogP contribution in [0.25, 0.3) is 0 Å². The second kappa shape index (κ2) is 7.17. The molecule has 1 spiro atoms. The van der Waals surface area contributed by atoms with Crippen molar-refractivity contribution >= 4 is 0 Å². The minimum absolute atomic E-state index is 0.0784. The van der Waals surface area contributed by atoms with Crippen molar-refractivity contribution in [1.29, 1.82) is 0 Å². The molecule has 9 nitrogen and oxygen atoms in total. The maximum absolute atomic E-state index is 13.1. The van der Waals surface area contributed by atoms with Gasteiger partial charge in [-0.05, 0) is 17.7 Å². The number of hydrogen-bond acceptors (Lipinski definition) is 7. The fourth-order valence-corrected chi connectivity index (χ4v) is 3.79. The molecule has 4 atom stereocenters. The van der Waals surface area contributed by atoms with E-state index < -0.39 is 41.9 Å². The van der Waals surface area contributed by atoms with Gasteiger partial charge in [0.1, 0.15) is 23.6 Å². The number of rotatable bonds is 5. The number of benzene rings is 1. The van der Waals surface area contributed by atoms with E-state index in [4.69, 9.17) is 14.2 Å². The van der Waals surface area contributed by atoms with E-state index in [1.807, 2.05) is 0 Å². The first-order valence-electron chi connectivity index (χ1n) is 9.03. The molecule has 2 aliphatic heterocycles. The highest BCUT2D eigenvalue weighted by molar-refractivity contribution is 5.27. The number of nitrogens with zero attached hydrogens (tertiary/aromatic N) is 2. The number of aliphatic hydroxyl groups excluding tert-OH is 2. The molecule has 3 heterocycles. The molecule has 2 aliphatic rings. The fourth-order valence-electron chi connectivity index (χ4n) is 3.79. The Balaban J connectivity index is 1.70. The number of aromatic nitrogens is 2. The van der Waals surface area contributed by atoms with Crippen molar-refractivity contribution in [3.63, 3.8) is 0 Å². The minimum Gasteiger partial charge on any atom is -0.497 e. The molecule has 0 aliphatic carbocycles. The van der Waals surface area contributed by atoms with Gasteiger partial charge in [0.2, 0.25) is 0 Å². The Morgan fingerprint density at radius 2 is 1.96 bits per heavy atom. The molecule has 2 N–H and O–H groups in total. The quantitative estimate of drug-likeness (QED) is 0.706. The molecule has 2 saturated heterocycles. The van der Waals surface area contributed by atoms with Crippen LogP contribution in [0, 0.1) is 0 Å². The summed E-state index contributed by atoms with van der Waals surface area (Å²) in [6.07, 6.45) is -1.03. The Kier molecular flexibility index (Phi) is 4.84. The van der Waals surface area contributed by atoms with Crippen molar-refractivity contribution in [1.82, 2.24) is 9.13 Å². The number of aliphatic hydroxyl groups is 2. The Bertz CT molecular complexity index is 961. The van der Waals surface area contributed by atoms with E-state index in [9.17, 15) is 19.8 Å². The molecule has 1 aromatic carbocycles. The summed E-state index contributed by atoms with van der Waals surface area (Å²) in [5.41, 5.74) is -1.36. The van der Waals surface area contributed by atoms with E-state index in [1.165, 1.54) is 16.8 Å². The van der Waals surface area contributed by atoms with Gasteiger partial charge in [-0.1, -0.05) is 12.1 Å². The molecular weight excluding hydrogens is 368 g/mol. The molecule has 0 amide bonds. The van der Waals surface area contributed by atoms with Gasteiger partial charge in [0.25, 0.3) is 5.56 Å². The monoisotopic (exact) mass is 390 g/mol. The second-order valence-corrected chi connectivity index (χ2v) is 6.99. The molecule has 0 saturated carbocycles. The lowest BCUT2D eigenvalue weighted by Crippen LogP contribution is -2.58. The zero-order chi connectivity index (χ0) is 19.9. The SMILES string of the molecule is COc1ccc(Cn2c(=O)ccn(C3OC(CO)C(O)C34CCO4)c2=O)cc1. The van der Waals surface area contributed by atoms with Gasteiger partial charge < -0.3 is 24.4 Å². The highest BCUT2D eigenvalue weighted by atomic mass is 16.6. The summed E-state index contributed by atoms with van der Waals surface area (Å²) < 4.78 is 18.8. The van der Waals surface area contributed by atoms with Crippen LogP contribution in [0.1, 0.15) is 18.2 Å². The van der Waals surface area contributed by atoms with E-state index in [0.29, 0.717) is 18.8 Å². The van der Waals surface area contributed by atoms with Crippen LogP contribution in [0.4, 0.5) is 0 Å². The van der Waals surface area contributed by atoms with Crippen molar-refractivity contribution in [2.45, 2.75) is 37.0 Å². The third-order valence-electron chi connectivity index (χ3n) is 5.47. The molecule has 0 bridgehead atoms. The summed E-state index contributed by atoms with van der Waals surface area (Å²) >= 11 is 0. The highest BCUT2D eigenvalue weighted by Gasteiger charge is 2.61. The second-order valence-electron chi connectivity index (χ2n) is 6.99. The van der Waals surface area contributed by atoms with Crippen molar-refractivity contribution in [2.24, 2.45) is 0 Å². The average molecular weight is 390 g/mol. The largest absolute Gasteiger partial charge is 0.497 e. The highest BCUT2D eigenvalue weighted by Crippen LogP contribution is 2.47. The summed E-state index contributed by atoms with van der Waals surface area (Å²) in [5, 5.41) is 19.9. The standard InChI is InChI=1S/C19H22N2O7/c1-26-13-4-2-12(3-5-13)10-21-15(23)6-8-20(18(21)25)17-19(7-9-27-19)16(24)14(11-22)28-17/h2-6,8,14,16-17,22,24H,7,9-11H2,1H3. The molecule has 1 aromatic heterocycles. The van der Waals surface area contributed by atoms with Gasteiger partial charge in [-0.25, -0.2) is 4.79 Å². The van der Waals surface area contributed by atoms with Crippen LogP contribution in [0.5, 0.6) is 5.75 Å². The van der Waals surface area contributed by atoms with Crippen molar-refractivity contribution in [2.75, 3.05) is 20.3 Å². The van der Waals surface area contributed by atoms with Crippen molar-refractivity contribution in [3.8, 4) is 5.75 Å². The zero-order valence-electron chi connectivity index (χ0n) is 15.4. The summed E-state index contributed by atoms with van der Waals surface area (Å²) in [6.45, 7) is 0.105. The Hall–Kier alpha value is -2.46. The first-order valence-corrected chi connectivity index (χ1v) is 9.03. The molecule has 28 heavy (non-hydrogen) atoms. The zero-order valence-corrected chi connectivity index (χ0v) is 15.4. The molecule has 0 radical (unpaired) electrons. The van der Waals surface area contributed by atoms with Crippen LogP contribution in [0.3, 0.4) is 0 Å². The lowest BCUT2D eigenvalue weighted by Gasteiger charge is -2.44. The van der Waals surface area contributed by atoms with Gasteiger partial charge >= 0.3 is 5.69 Å². The molecule has 150 valence electrons. The van der Waals surface area contributed by atoms with Gasteiger partial charge in [-0.2, -0.15) is 0 Å². The van der Waals surface area contributed by atoms with Crippen LogP contribution in [0.2, 0.25) is 0 Å². The summed E-state index contributed by atoms with van der Waals surface area (Å²) in [5.74, 6) is 0.675. The lowest BCUT2D eigenvalue weighted by atomic mass is 9.86. The molecular formula is C19H22N2O7. The van der Waals surface area contributed by atoms with E-state index in [0.717, 1.165) is 10.1 Å². The van der Waals surface area contributed by atoms with Gasteiger partial charge in [0.15, 0.2) is 6.23 Å². The number of ether oxygens (including phenoxy) is 3. The first-order chi connectivity index (χ1) is 13.5. The first kappa shape index (κ1) is 18.9. The molecule has 9 heteroatoms. The van der Waals surface area contributed by atoms with E-state index >= 15 is 0 Å². The minimum atomic E-state index is -1.10. The molecule has 2 aromatic rings. The number of hydrogen-bond donors (Lipinski definition) is 2. The van der Waals surface area contributed by atoms with Crippen LogP contribution in [-0.4, -0.2) is 57.5 Å². The van der Waals surface area contributed by atoms with Gasteiger partial charge in [0, 0.05) is 18.7 Å². The lowest BCUT2D eigenvalue weighted by molar-refractivity contribution is -0.227. The van der Waals surface area contributed by atoms with Crippen LogP contribution >= 0.6 is 0 Å². The third-order valence-corrected chi connectivity index (χ3v) is 5.47. The summed E-state index contributed by atoms with van der Waals surface area (Å²) in [7, 11) is 1.56. The third kappa shape index (κ3) is 2.87. The van der Waals surface area contributed by atoms with Gasteiger partial charge in [0.05, 0.1) is 26.9 Å². The predicted octanol–water partition coefficient (Wildman–Crippen LogP) is -0.523. The van der Waals surface area contributed by atoms with Gasteiger partial charge in [-0.15, -0.1) is 0 Å². The Morgan fingerprint density at radius 3 is 2.54 bits per heavy atom. The average Bonchev–Trinajstić information content (AvgIpc) is 2.98. The van der Waals surface area contributed by atoms with Crippen LogP contribution in [0.15, 0.2) is 46.1 Å². The van der Waals surface area contributed by atoms with E-state index in [1.54, 1.807) is 31.4 Å². The molecule has 4 unspecified atom stereocenters. The Morgan fingerprint density at radius 1 is 1.25 bits per heavy atom. The van der Waals surface area contributed by atoms with Gasteiger partial charge in [-0.3, -0.25) is 13.9 Å². The predicted molar refractivity (Wildman–Crippen MR) is 97.4 cm³/mol. The maximum atomic E-state index is 13.1. The van der Waals surface area contributed by atoms with E-state index in [-0.39, 0.29) is 6.54 Å². The van der Waals surface area contributed by atoms with Crippen molar-refractivity contribution in [3.05, 3.63) is 62.9 Å². The van der Waals surface area contributed by atoms with Crippen LogP contribution < -0.4 is 16.0 Å². The van der Waals surface area contributed by atoms with E-state index in [2.05, 4.69) is 0 Å². The topological polar surface area (TPSA) is 112 Å². The smallest absolute Gasteiger partial charge is 0.333 e.